The Morgan fingerprint density at radius 3 is 0.729 bits per heavy atom. The maximum absolute atomic E-state index is 6.02. The van der Waals surface area contributed by atoms with Gasteiger partial charge in [-0.3, -0.25) is 0 Å². The monoisotopic (exact) mass is 1760 g/mol. The molecule has 20 aromatic carbocycles. The Hall–Kier alpha value is -15.7. The Labute approximate surface area is 783 Å². The molecule has 133 heavy (non-hydrogen) atoms. The number of hydrogen-bond donors (Lipinski definition) is 0. The molecule has 0 aliphatic rings. The van der Waals surface area contributed by atoms with Crippen molar-refractivity contribution in [2.24, 2.45) is 0 Å². The summed E-state index contributed by atoms with van der Waals surface area (Å²) in [6, 6.07) is 167. The van der Waals surface area contributed by atoms with Gasteiger partial charge < -0.3 is 17.7 Å². The molecule has 0 N–H and O–H groups in total. The second-order valence-electron chi connectivity index (χ2n) is 34.1. The molecule has 7 heteroatoms. The van der Waals surface area contributed by atoms with Crippen LogP contribution in [0.3, 0.4) is 0 Å². The first kappa shape index (κ1) is 82.9. The van der Waals surface area contributed by atoms with Gasteiger partial charge in [0.25, 0.3) is 0 Å². The van der Waals surface area contributed by atoms with Crippen LogP contribution in [0, 0.1) is 0 Å². The van der Waals surface area contributed by atoms with Crippen LogP contribution in [0.2, 0.25) is 0 Å². The van der Waals surface area contributed by atoms with Crippen molar-refractivity contribution in [3.05, 3.63) is 540 Å². The number of fused-ring (bicyclic) bond motifs is 21. The highest BCUT2D eigenvalue weighted by molar-refractivity contribution is 7.26. The van der Waals surface area contributed by atoms with E-state index in [2.05, 4.69) is 406 Å². The molecule has 0 unspecified atom stereocenters. The zero-order valence-corrected chi connectivity index (χ0v) is 75.6. The summed E-state index contributed by atoms with van der Waals surface area (Å²) in [4.78, 5) is 0. The van der Waals surface area contributed by atoms with E-state index in [1.54, 1.807) is 0 Å². The first-order valence-corrected chi connectivity index (χ1v) is 47.9. The van der Waals surface area contributed by atoms with Gasteiger partial charge in [-0.25, -0.2) is 0 Å². The number of para-hydroxylation sites is 4. The molecule has 0 aliphatic carbocycles. The average molecular weight is 1760 g/mol. The molecule has 0 radical (unpaired) electrons. The zero-order valence-electron chi connectivity index (χ0n) is 73.1. The van der Waals surface area contributed by atoms with Crippen molar-refractivity contribution in [1.82, 2.24) is 0 Å². The van der Waals surface area contributed by atoms with E-state index in [0.29, 0.717) is 0 Å². The van der Waals surface area contributed by atoms with Crippen LogP contribution in [0.5, 0.6) is 0 Å². The van der Waals surface area contributed by atoms with Gasteiger partial charge in [-0.05, 0) is 213 Å². The lowest BCUT2D eigenvalue weighted by molar-refractivity contribution is 0.667. The van der Waals surface area contributed by atoms with Crippen LogP contribution in [-0.4, -0.2) is 0 Å². The molecule has 27 rings (SSSR count). The molecule has 0 bridgehead atoms. The van der Waals surface area contributed by atoms with Crippen molar-refractivity contribution in [3.8, 4) is 11.1 Å². The Bertz CT molecular complexity index is 8330. The summed E-state index contributed by atoms with van der Waals surface area (Å²) in [5.41, 5.74) is 26.1. The van der Waals surface area contributed by atoms with Crippen molar-refractivity contribution in [2.45, 2.75) is 38.5 Å². The molecule has 0 spiro atoms. The van der Waals surface area contributed by atoms with Crippen molar-refractivity contribution >= 4 is 182 Å². The SMILES string of the molecule is c1ccc(-c2ccc(Cc3ccc4c(c3)sc3ccccc34)cc2)cc1.c1ccc(Cc2ccc3c(c2)oc2ccccc23)cc1.c1ccc(Cc2ccc3c(c2)sc2ccccc23)cc1.c1ccc(Cc2ccc3oc4ccccc4c3c2)cc1.c1ccc(Cc2ccc3sc4ccccc4c3c2)cc1.c1ccc2c(c1)oc1cc(Cc3ccc4c(c3)oc3ccccc34)ccc12. The quantitative estimate of drug-likeness (QED) is 0.115. The van der Waals surface area contributed by atoms with Crippen LogP contribution in [0.4, 0.5) is 0 Å². The summed E-state index contributed by atoms with van der Waals surface area (Å²) in [7, 11) is 0. The Kier molecular flexibility index (Phi) is 23.8. The predicted molar refractivity (Wildman–Crippen MR) is 567 cm³/mol. The van der Waals surface area contributed by atoms with E-state index >= 15 is 0 Å². The lowest BCUT2D eigenvalue weighted by atomic mass is 10.00. The third-order valence-electron chi connectivity index (χ3n) is 25.0. The number of furan rings is 4. The maximum Gasteiger partial charge on any atom is 0.135 e. The standard InChI is InChI=1S/C25H16O2.C25H18S.2C19H14O.2C19H14S/c1-3-7-22-18(5-1)20-11-9-16(14-24(20)26-22)13-17-10-12-21-19-6-2-4-8-23(19)27-25(21)15-17;1-2-6-20(7-3-1)21-13-10-18(11-14-21)16-19-12-15-23-22-8-4-5-9-24(22)26-25(23)17-19;1-2-6-14(7-3-1)12-15-10-11-19-17(13-15)16-8-4-5-9-18(16)20-19;1-2-6-14(7-3-1)12-15-10-11-17-16-8-4-5-9-18(16)20-19(17)13-15;1-2-6-14(7-3-1)12-15-10-11-19-17(13-15)16-8-4-5-9-18(16)20-19;1-2-6-14(7-3-1)12-15-10-11-17-16-8-4-5-9-18(16)20-19(17)13-15/h1-12,14-15H,13H2;1-15,17H,16H2;4*1-11,13H,12H2. The normalized spacial score (nSPS) is 11.3. The van der Waals surface area contributed by atoms with Gasteiger partial charge in [0, 0.05) is 104 Å². The number of hydrogen-bond acceptors (Lipinski definition) is 7. The summed E-state index contributed by atoms with van der Waals surface area (Å²) < 4.78 is 32.1. The molecule has 0 amide bonds. The zero-order chi connectivity index (χ0) is 88.6. The molecule has 7 aromatic heterocycles. The molecule has 0 fully saturated rings. The minimum Gasteiger partial charge on any atom is -0.456 e. The van der Waals surface area contributed by atoms with Gasteiger partial charge in [0.2, 0.25) is 0 Å². The number of thiophene rings is 3. The van der Waals surface area contributed by atoms with Crippen molar-refractivity contribution < 1.29 is 17.7 Å². The van der Waals surface area contributed by atoms with Gasteiger partial charge >= 0.3 is 0 Å². The largest absolute Gasteiger partial charge is 0.456 e. The second-order valence-corrected chi connectivity index (χ2v) is 37.3. The molecule has 27 aromatic rings. The highest BCUT2D eigenvalue weighted by Crippen LogP contribution is 2.41. The van der Waals surface area contributed by atoms with E-state index in [9.17, 15) is 0 Å². The van der Waals surface area contributed by atoms with E-state index in [-0.39, 0.29) is 0 Å². The van der Waals surface area contributed by atoms with Crippen LogP contribution in [-0.2, 0) is 38.5 Å². The Morgan fingerprint density at radius 1 is 0.120 bits per heavy atom. The molecule has 0 aliphatic heterocycles. The molecule has 0 saturated heterocycles. The average Bonchev–Trinajstić information content (AvgIpc) is 1.65. The Morgan fingerprint density at radius 2 is 0.338 bits per heavy atom. The lowest BCUT2D eigenvalue weighted by Gasteiger charge is -2.05. The summed E-state index contributed by atoms with van der Waals surface area (Å²) >= 11 is 5.65. The van der Waals surface area contributed by atoms with Crippen LogP contribution in [0.1, 0.15) is 66.8 Å². The minimum absolute atomic E-state index is 0.847. The Balaban J connectivity index is 0.0000000935. The topological polar surface area (TPSA) is 52.6 Å². The maximum atomic E-state index is 6.02. The fourth-order valence-electron chi connectivity index (χ4n) is 18.4. The first-order valence-electron chi connectivity index (χ1n) is 45.4. The third-order valence-corrected chi connectivity index (χ3v) is 28.4. The number of benzene rings is 20. The highest BCUT2D eigenvalue weighted by Gasteiger charge is 2.16. The second kappa shape index (κ2) is 38.1. The molecule has 7 heterocycles. The predicted octanol–water partition coefficient (Wildman–Crippen LogP) is 36.0. The van der Waals surface area contributed by atoms with E-state index in [1.807, 2.05) is 101 Å². The lowest BCUT2D eigenvalue weighted by Crippen LogP contribution is -1.88. The molecule has 4 nitrogen and oxygen atoms in total. The van der Waals surface area contributed by atoms with Gasteiger partial charge in [-0.2, -0.15) is 0 Å². The fourth-order valence-corrected chi connectivity index (χ4v) is 21.8. The van der Waals surface area contributed by atoms with Gasteiger partial charge in [-0.1, -0.05) is 376 Å². The van der Waals surface area contributed by atoms with Crippen molar-refractivity contribution in [2.75, 3.05) is 0 Å². The molecule has 636 valence electrons. The summed E-state index contributed by atoms with van der Waals surface area (Å²) in [6.45, 7) is 0. The summed E-state index contributed by atoms with van der Waals surface area (Å²) in [6.07, 6.45) is 5.72. The van der Waals surface area contributed by atoms with Gasteiger partial charge in [0.05, 0.1) is 0 Å². The van der Waals surface area contributed by atoms with E-state index in [4.69, 9.17) is 17.7 Å². The first-order chi connectivity index (χ1) is 65.8. The molecular formula is C126H90O4S3. The van der Waals surface area contributed by atoms with Gasteiger partial charge in [0.1, 0.15) is 44.7 Å². The summed E-state index contributed by atoms with van der Waals surface area (Å²) in [5.74, 6) is 0. The smallest absolute Gasteiger partial charge is 0.135 e. The minimum atomic E-state index is 0.847. The van der Waals surface area contributed by atoms with Crippen LogP contribution in [0.15, 0.2) is 491 Å². The van der Waals surface area contributed by atoms with Crippen molar-refractivity contribution in [3.63, 3.8) is 0 Å². The van der Waals surface area contributed by atoms with Crippen LogP contribution < -0.4 is 0 Å². The third kappa shape index (κ3) is 18.5. The van der Waals surface area contributed by atoms with E-state index in [1.165, 1.54) is 181 Å². The fraction of sp³-hybridized carbons (Fsp3) is 0.0476. The summed E-state index contributed by atoms with van der Waals surface area (Å²) in [5, 5.41) is 17.7. The van der Waals surface area contributed by atoms with Gasteiger partial charge in [-0.15, -0.1) is 34.0 Å². The van der Waals surface area contributed by atoms with E-state index in [0.717, 1.165) is 83.2 Å². The van der Waals surface area contributed by atoms with E-state index < -0.39 is 0 Å². The van der Waals surface area contributed by atoms with Crippen LogP contribution >= 0.6 is 34.0 Å². The molecule has 0 atom stereocenters. The van der Waals surface area contributed by atoms with Crippen molar-refractivity contribution in [1.29, 1.82) is 0 Å². The molecular weight excluding hydrogens is 1670 g/mol. The highest BCUT2D eigenvalue weighted by atomic mass is 32.1. The number of rotatable bonds is 13. The van der Waals surface area contributed by atoms with Gasteiger partial charge in [0.15, 0.2) is 0 Å². The van der Waals surface area contributed by atoms with Crippen LogP contribution in [0.25, 0.3) is 159 Å². The molecule has 0 saturated carbocycles.